The normalized spacial score (nSPS) is 11.3. The molecule has 4 nitrogen and oxygen atoms in total. The molecule has 0 aliphatic rings. The second-order valence-electron chi connectivity index (χ2n) is 4.46. The average molecular weight is 251 g/mol. The highest BCUT2D eigenvalue weighted by atomic mass is 32.1. The van der Waals surface area contributed by atoms with Crippen molar-refractivity contribution in [3.63, 3.8) is 0 Å². The lowest BCUT2D eigenvalue weighted by molar-refractivity contribution is 0.550. The summed E-state index contributed by atoms with van der Waals surface area (Å²) in [6.45, 7) is 8.15. The molecule has 0 fully saturated rings. The highest BCUT2D eigenvalue weighted by Gasteiger charge is 2.11. The maximum atomic E-state index is 5.39. The molecule has 17 heavy (non-hydrogen) atoms. The van der Waals surface area contributed by atoms with E-state index in [-0.39, 0.29) is 0 Å². The Bertz CT molecular complexity index is 476. The van der Waals surface area contributed by atoms with Crippen LogP contribution in [0.15, 0.2) is 16.7 Å². The van der Waals surface area contributed by atoms with Crippen LogP contribution in [-0.4, -0.2) is 16.7 Å². The van der Waals surface area contributed by atoms with Crippen LogP contribution in [0.4, 0.5) is 0 Å². The molecule has 0 atom stereocenters. The number of hydrogen-bond donors (Lipinski definition) is 1. The van der Waals surface area contributed by atoms with Gasteiger partial charge in [0.1, 0.15) is 5.01 Å². The Morgan fingerprint density at radius 3 is 2.88 bits per heavy atom. The molecule has 0 spiro atoms. The van der Waals surface area contributed by atoms with Gasteiger partial charge in [-0.05, 0) is 31.0 Å². The first-order valence-corrected chi connectivity index (χ1v) is 6.56. The number of aryl methyl sites for hydroxylation is 1. The van der Waals surface area contributed by atoms with E-state index in [1.165, 1.54) is 0 Å². The molecule has 2 heterocycles. The lowest BCUT2D eigenvalue weighted by Gasteiger charge is -2.03. The highest BCUT2D eigenvalue weighted by molar-refractivity contribution is 7.14. The van der Waals surface area contributed by atoms with E-state index in [1.54, 1.807) is 17.6 Å². The molecule has 92 valence electrons. The average Bonchev–Trinajstić information content (AvgIpc) is 2.86. The number of nitrogens with one attached hydrogen (secondary N) is 1. The molecule has 0 saturated heterocycles. The van der Waals surface area contributed by atoms with Gasteiger partial charge < -0.3 is 9.73 Å². The summed E-state index contributed by atoms with van der Waals surface area (Å²) in [4.78, 5) is 0. The van der Waals surface area contributed by atoms with Gasteiger partial charge in [0.05, 0.1) is 6.26 Å². The van der Waals surface area contributed by atoms with Crippen LogP contribution in [0.3, 0.4) is 0 Å². The van der Waals surface area contributed by atoms with Crippen molar-refractivity contribution in [3.8, 4) is 10.8 Å². The maximum absolute atomic E-state index is 5.39. The Hall–Kier alpha value is -1.20. The summed E-state index contributed by atoms with van der Waals surface area (Å²) in [6, 6.07) is 1.94. The minimum absolute atomic E-state index is 0.648. The summed E-state index contributed by atoms with van der Waals surface area (Å²) < 4.78 is 5.39. The number of hydrogen-bond acceptors (Lipinski definition) is 5. The molecular weight excluding hydrogens is 234 g/mol. The molecule has 0 aliphatic carbocycles. The molecule has 0 radical (unpaired) electrons. The zero-order valence-electron chi connectivity index (χ0n) is 10.4. The van der Waals surface area contributed by atoms with E-state index in [4.69, 9.17) is 4.42 Å². The fourth-order valence-corrected chi connectivity index (χ4v) is 2.34. The second kappa shape index (κ2) is 5.42. The predicted octanol–water partition coefficient (Wildman–Crippen LogP) is 2.85. The van der Waals surface area contributed by atoms with Crippen LogP contribution in [-0.2, 0) is 6.54 Å². The minimum Gasteiger partial charge on any atom is -0.461 e. The summed E-state index contributed by atoms with van der Waals surface area (Å²) in [7, 11) is 0. The van der Waals surface area contributed by atoms with Crippen LogP contribution in [0, 0.1) is 12.8 Å². The first-order chi connectivity index (χ1) is 8.16. The third-order valence-corrected chi connectivity index (χ3v) is 3.27. The third-order valence-electron chi connectivity index (χ3n) is 2.35. The molecule has 0 bridgehead atoms. The quantitative estimate of drug-likeness (QED) is 0.887. The van der Waals surface area contributed by atoms with Crippen LogP contribution in [0.25, 0.3) is 10.8 Å². The van der Waals surface area contributed by atoms with Crippen LogP contribution in [0.2, 0.25) is 0 Å². The van der Waals surface area contributed by atoms with Crippen molar-refractivity contribution in [2.75, 3.05) is 6.54 Å². The van der Waals surface area contributed by atoms with Crippen molar-refractivity contribution >= 4 is 11.3 Å². The Kier molecular flexibility index (Phi) is 3.91. The van der Waals surface area contributed by atoms with E-state index < -0.39 is 0 Å². The second-order valence-corrected chi connectivity index (χ2v) is 5.52. The molecule has 0 amide bonds. The number of furan rings is 1. The van der Waals surface area contributed by atoms with Gasteiger partial charge in [0.2, 0.25) is 0 Å². The SMILES string of the molecule is Cc1ccoc1-c1nnc(CNCC(C)C)s1. The molecule has 1 N–H and O–H groups in total. The van der Waals surface area contributed by atoms with Crippen molar-refractivity contribution < 1.29 is 4.42 Å². The van der Waals surface area contributed by atoms with E-state index in [1.807, 2.05) is 13.0 Å². The van der Waals surface area contributed by atoms with Gasteiger partial charge in [0, 0.05) is 6.54 Å². The third kappa shape index (κ3) is 3.14. The van der Waals surface area contributed by atoms with E-state index in [2.05, 4.69) is 29.4 Å². The standard InChI is InChI=1S/C12H17N3OS/c1-8(2)6-13-7-10-14-15-12(17-10)11-9(3)4-5-16-11/h4-5,8,13H,6-7H2,1-3H3. The largest absolute Gasteiger partial charge is 0.461 e. The molecule has 2 rings (SSSR count). The van der Waals surface area contributed by atoms with Gasteiger partial charge in [-0.3, -0.25) is 0 Å². The first-order valence-electron chi connectivity index (χ1n) is 5.74. The molecule has 5 heteroatoms. The van der Waals surface area contributed by atoms with E-state index in [0.717, 1.165) is 34.4 Å². The Balaban J connectivity index is 1.99. The van der Waals surface area contributed by atoms with Gasteiger partial charge in [-0.15, -0.1) is 10.2 Å². The minimum atomic E-state index is 0.648. The summed E-state index contributed by atoms with van der Waals surface area (Å²) in [5.41, 5.74) is 1.10. The summed E-state index contributed by atoms with van der Waals surface area (Å²) >= 11 is 1.58. The van der Waals surface area contributed by atoms with E-state index in [0.29, 0.717) is 5.92 Å². The summed E-state index contributed by atoms with van der Waals surface area (Å²) in [5.74, 6) is 1.48. The van der Waals surface area contributed by atoms with Crippen LogP contribution in [0.5, 0.6) is 0 Å². The topological polar surface area (TPSA) is 51.0 Å². The number of rotatable bonds is 5. The molecule has 0 aromatic carbocycles. The number of aromatic nitrogens is 2. The van der Waals surface area contributed by atoms with Crippen LogP contribution >= 0.6 is 11.3 Å². The number of nitrogens with zero attached hydrogens (tertiary/aromatic N) is 2. The van der Waals surface area contributed by atoms with Crippen molar-refractivity contribution in [2.24, 2.45) is 5.92 Å². The fraction of sp³-hybridized carbons (Fsp3) is 0.500. The Labute approximate surface area is 105 Å². The van der Waals surface area contributed by atoms with Gasteiger partial charge in [-0.25, -0.2) is 0 Å². The Morgan fingerprint density at radius 1 is 1.41 bits per heavy atom. The maximum Gasteiger partial charge on any atom is 0.183 e. The van der Waals surface area contributed by atoms with Gasteiger partial charge >= 0.3 is 0 Å². The van der Waals surface area contributed by atoms with Gasteiger partial charge in [-0.1, -0.05) is 25.2 Å². The molecule has 0 unspecified atom stereocenters. The lowest BCUT2D eigenvalue weighted by Crippen LogP contribution is -2.18. The highest BCUT2D eigenvalue weighted by Crippen LogP contribution is 2.27. The monoisotopic (exact) mass is 251 g/mol. The van der Waals surface area contributed by atoms with Crippen molar-refractivity contribution in [1.29, 1.82) is 0 Å². The van der Waals surface area contributed by atoms with E-state index in [9.17, 15) is 0 Å². The predicted molar refractivity (Wildman–Crippen MR) is 68.9 cm³/mol. The molecular formula is C12H17N3OS. The van der Waals surface area contributed by atoms with Crippen LogP contribution in [0.1, 0.15) is 24.4 Å². The molecule has 2 aromatic rings. The van der Waals surface area contributed by atoms with Crippen molar-refractivity contribution in [2.45, 2.75) is 27.3 Å². The van der Waals surface area contributed by atoms with Gasteiger partial charge in [0.15, 0.2) is 10.8 Å². The van der Waals surface area contributed by atoms with E-state index >= 15 is 0 Å². The lowest BCUT2D eigenvalue weighted by atomic mass is 10.2. The van der Waals surface area contributed by atoms with Crippen LogP contribution < -0.4 is 5.32 Å². The van der Waals surface area contributed by atoms with Crippen molar-refractivity contribution in [3.05, 3.63) is 22.9 Å². The molecule has 2 aromatic heterocycles. The molecule has 0 aliphatic heterocycles. The zero-order valence-corrected chi connectivity index (χ0v) is 11.2. The Morgan fingerprint density at radius 2 is 2.24 bits per heavy atom. The van der Waals surface area contributed by atoms with Crippen molar-refractivity contribution in [1.82, 2.24) is 15.5 Å². The summed E-state index contributed by atoms with van der Waals surface area (Å²) in [5, 5.41) is 13.5. The molecule has 0 saturated carbocycles. The van der Waals surface area contributed by atoms with Gasteiger partial charge in [0.25, 0.3) is 0 Å². The fourth-order valence-electron chi connectivity index (χ4n) is 1.48. The first kappa shape index (κ1) is 12.3. The van der Waals surface area contributed by atoms with Gasteiger partial charge in [-0.2, -0.15) is 0 Å². The smallest absolute Gasteiger partial charge is 0.183 e. The summed E-state index contributed by atoms with van der Waals surface area (Å²) in [6.07, 6.45) is 1.68. The zero-order chi connectivity index (χ0) is 12.3.